The third-order valence-electron chi connectivity index (χ3n) is 5.49. The van der Waals surface area contributed by atoms with Crippen molar-refractivity contribution < 1.29 is 18.3 Å². The van der Waals surface area contributed by atoms with Gasteiger partial charge in [-0.2, -0.15) is 8.78 Å². The molecule has 0 N–H and O–H groups in total. The predicted octanol–water partition coefficient (Wildman–Crippen LogP) is 3.22. The molecule has 6 heteroatoms. The lowest BCUT2D eigenvalue weighted by molar-refractivity contribution is -0.0498. The molecule has 1 aromatic carbocycles. The van der Waals surface area contributed by atoms with Gasteiger partial charge in [-0.3, -0.25) is 9.80 Å². The zero-order valence-electron chi connectivity index (χ0n) is 14.9. The van der Waals surface area contributed by atoms with Gasteiger partial charge in [0, 0.05) is 25.7 Å². The van der Waals surface area contributed by atoms with Crippen molar-refractivity contribution in [1.82, 2.24) is 9.80 Å². The van der Waals surface area contributed by atoms with Crippen molar-refractivity contribution in [1.29, 1.82) is 0 Å². The van der Waals surface area contributed by atoms with Crippen LogP contribution in [0, 0.1) is 5.92 Å². The van der Waals surface area contributed by atoms with Crippen LogP contribution >= 0.6 is 0 Å². The topological polar surface area (TPSA) is 24.9 Å². The lowest BCUT2D eigenvalue weighted by Gasteiger charge is -2.41. The van der Waals surface area contributed by atoms with Crippen LogP contribution in [0.4, 0.5) is 8.78 Å². The molecular weight excluding hydrogens is 326 g/mol. The van der Waals surface area contributed by atoms with E-state index < -0.39 is 6.61 Å². The Balaban J connectivity index is 1.44. The number of alkyl halides is 2. The van der Waals surface area contributed by atoms with Crippen molar-refractivity contribution >= 4 is 0 Å². The molecule has 1 atom stereocenters. The van der Waals surface area contributed by atoms with E-state index in [0.29, 0.717) is 6.04 Å². The minimum atomic E-state index is -2.77. The van der Waals surface area contributed by atoms with E-state index in [2.05, 4.69) is 21.5 Å². The summed E-state index contributed by atoms with van der Waals surface area (Å²) < 4.78 is 34.2. The highest BCUT2D eigenvalue weighted by molar-refractivity contribution is 5.27. The third-order valence-corrected chi connectivity index (χ3v) is 5.49. The van der Waals surface area contributed by atoms with Gasteiger partial charge < -0.3 is 9.47 Å². The minimum absolute atomic E-state index is 0.219. The zero-order valence-corrected chi connectivity index (χ0v) is 14.9. The molecule has 25 heavy (non-hydrogen) atoms. The first-order chi connectivity index (χ1) is 12.1. The van der Waals surface area contributed by atoms with Crippen LogP contribution in [0.1, 0.15) is 25.3 Å². The molecule has 2 fully saturated rings. The molecule has 0 radical (unpaired) electrons. The quantitative estimate of drug-likeness (QED) is 0.783. The lowest BCUT2D eigenvalue weighted by atomic mass is 9.89. The minimum Gasteiger partial charge on any atom is -0.435 e. The van der Waals surface area contributed by atoms with Gasteiger partial charge in [0.25, 0.3) is 0 Å². The van der Waals surface area contributed by atoms with Crippen molar-refractivity contribution in [3.05, 3.63) is 29.8 Å². The number of hydrogen-bond donors (Lipinski definition) is 0. The fourth-order valence-electron chi connectivity index (χ4n) is 3.91. The van der Waals surface area contributed by atoms with E-state index in [1.54, 1.807) is 12.1 Å². The third kappa shape index (κ3) is 5.36. The van der Waals surface area contributed by atoms with Gasteiger partial charge in [-0.1, -0.05) is 12.1 Å². The van der Waals surface area contributed by atoms with Crippen molar-refractivity contribution in [3.63, 3.8) is 0 Å². The lowest BCUT2D eigenvalue weighted by Crippen LogP contribution is -2.48. The van der Waals surface area contributed by atoms with Gasteiger partial charge in [-0.05, 0) is 56.5 Å². The standard InChI is InChI=1S/C19H28F2N2O2/c1-15(23-10-12-24-13-11-23)17-6-8-22(9-7-17)14-16-2-4-18(5-3-16)25-19(20)21/h2-5,15,17,19H,6-14H2,1H3/t15-/m1/s1. The Morgan fingerprint density at radius 2 is 1.72 bits per heavy atom. The average molecular weight is 354 g/mol. The van der Waals surface area contributed by atoms with Crippen LogP contribution in [0.2, 0.25) is 0 Å². The van der Waals surface area contributed by atoms with Crippen molar-refractivity contribution in [3.8, 4) is 5.75 Å². The second-order valence-electron chi connectivity index (χ2n) is 7.02. The molecule has 2 saturated heterocycles. The molecule has 0 aromatic heterocycles. The Hall–Kier alpha value is -1.24. The first kappa shape index (κ1) is 18.5. The highest BCUT2D eigenvalue weighted by Crippen LogP contribution is 2.26. The van der Waals surface area contributed by atoms with E-state index in [1.807, 2.05) is 12.1 Å². The van der Waals surface area contributed by atoms with E-state index in [1.165, 1.54) is 12.8 Å². The van der Waals surface area contributed by atoms with Crippen LogP contribution < -0.4 is 4.74 Å². The maximum Gasteiger partial charge on any atom is 0.387 e. The molecule has 0 saturated carbocycles. The number of morpholine rings is 1. The molecule has 2 heterocycles. The fourth-order valence-corrected chi connectivity index (χ4v) is 3.91. The summed E-state index contributed by atoms with van der Waals surface area (Å²) in [5, 5.41) is 0. The summed E-state index contributed by atoms with van der Waals surface area (Å²) in [5.41, 5.74) is 1.14. The normalized spacial score (nSPS) is 22.2. The number of ether oxygens (including phenoxy) is 2. The molecule has 0 aliphatic carbocycles. The smallest absolute Gasteiger partial charge is 0.387 e. The van der Waals surface area contributed by atoms with E-state index in [0.717, 1.165) is 57.4 Å². The fraction of sp³-hybridized carbons (Fsp3) is 0.684. The van der Waals surface area contributed by atoms with E-state index in [-0.39, 0.29) is 5.75 Å². The molecule has 4 nitrogen and oxygen atoms in total. The zero-order chi connectivity index (χ0) is 17.6. The molecule has 1 aromatic rings. The Morgan fingerprint density at radius 1 is 1.08 bits per heavy atom. The molecule has 0 spiro atoms. The maximum absolute atomic E-state index is 12.2. The summed E-state index contributed by atoms with van der Waals surface area (Å²) >= 11 is 0. The van der Waals surface area contributed by atoms with Crippen molar-refractivity contribution in [2.75, 3.05) is 39.4 Å². The van der Waals surface area contributed by atoms with Crippen LogP contribution in [0.15, 0.2) is 24.3 Å². The van der Waals surface area contributed by atoms with Gasteiger partial charge in [-0.15, -0.1) is 0 Å². The molecule has 140 valence electrons. The number of rotatable bonds is 6. The van der Waals surface area contributed by atoms with Gasteiger partial charge >= 0.3 is 6.61 Å². The first-order valence-electron chi connectivity index (χ1n) is 9.20. The molecule has 3 rings (SSSR count). The van der Waals surface area contributed by atoms with Crippen molar-refractivity contribution in [2.24, 2.45) is 5.92 Å². The Morgan fingerprint density at radius 3 is 2.32 bits per heavy atom. The number of benzene rings is 1. The number of halogens is 2. The first-order valence-corrected chi connectivity index (χ1v) is 9.20. The number of piperidine rings is 1. The molecular formula is C19H28F2N2O2. The Bertz CT molecular complexity index is 513. The molecule has 2 aliphatic rings. The van der Waals surface area contributed by atoms with Crippen molar-refractivity contribution in [2.45, 2.75) is 39.0 Å². The molecule has 0 unspecified atom stereocenters. The molecule has 0 amide bonds. The van der Waals surface area contributed by atoms with Gasteiger partial charge in [-0.25, -0.2) is 0 Å². The summed E-state index contributed by atoms with van der Waals surface area (Å²) in [6, 6.07) is 7.61. The van der Waals surface area contributed by atoms with Crippen LogP contribution in [-0.2, 0) is 11.3 Å². The summed E-state index contributed by atoms with van der Waals surface area (Å²) in [4.78, 5) is 5.01. The average Bonchev–Trinajstić information content (AvgIpc) is 2.64. The van der Waals surface area contributed by atoms with Crippen LogP contribution in [-0.4, -0.2) is 61.8 Å². The Labute approximate surface area is 148 Å². The summed E-state index contributed by atoms with van der Waals surface area (Å²) in [6.45, 7) is 6.45. The molecule has 2 aliphatic heterocycles. The largest absolute Gasteiger partial charge is 0.435 e. The molecule has 0 bridgehead atoms. The number of nitrogens with zero attached hydrogens (tertiary/aromatic N) is 2. The number of likely N-dealkylation sites (tertiary alicyclic amines) is 1. The van der Waals surface area contributed by atoms with Gasteiger partial charge in [0.2, 0.25) is 0 Å². The summed E-state index contributed by atoms with van der Waals surface area (Å²) in [7, 11) is 0. The number of hydrogen-bond acceptors (Lipinski definition) is 4. The van der Waals surface area contributed by atoms with Crippen LogP contribution in [0.25, 0.3) is 0 Å². The van der Waals surface area contributed by atoms with Gasteiger partial charge in [0.1, 0.15) is 5.75 Å². The highest BCUT2D eigenvalue weighted by atomic mass is 19.3. The summed E-state index contributed by atoms with van der Waals surface area (Å²) in [5.74, 6) is 0.966. The monoisotopic (exact) mass is 354 g/mol. The SMILES string of the molecule is C[C@H](C1CCN(Cc2ccc(OC(F)F)cc2)CC1)N1CCOCC1. The van der Waals surface area contributed by atoms with Crippen LogP contribution in [0.5, 0.6) is 5.75 Å². The summed E-state index contributed by atoms with van der Waals surface area (Å²) in [6.07, 6.45) is 2.43. The van der Waals surface area contributed by atoms with E-state index in [4.69, 9.17) is 4.74 Å². The second kappa shape index (κ2) is 8.92. The van der Waals surface area contributed by atoms with Gasteiger partial charge in [0.05, 0.1) is 13.2 Å². The van der Waals surface area contributed by atoms with E-state index >= 15 is 0 Å². The highest BCUT2D eigenvalue weighted by Gasteiger charge is 2.28. The Kier molecular flexibility index (Phi) is 6.62. The van der Waals surface area contributed by atoms with Crippen LogP contribution in [0.3, 0.4) is 0 Å². The van der Waals surface area contributed by atoms with Gasteiger partial charge in [0.15, 0.2) is 0 Å². The predicted molar refractivity (Wildman–Crippen MR) is 92.9 cm³/mol. The maximum atomic E-state index is 12.2. The second-order valence-corrected chi connectivity index (χ2v) is 7.02. The van der Waals surface area contributed by atoms with E-state index in [9.17, 15) is 8.78 Å².